The zero-order chi connectivity index (χ0) is 14.4. The van der Waals surface area contributed by atoms with Crippen molar-refractivity contribution < 1.29 is 14.3 Å². The minimum Gasteiger partial charge on any atom is -0.490 e. The summed E-state index contributed by atoms with van der Waals surface area (Å²) in [6, 6.07) is 14.5. The Balaban J connectivity index is 1.82. The number of esters is 1. The lowest BCUT2D eigenvalue weighted by Gasteiger charge is -2.09. The number of benzene rings is 2. The van der Waals surface area contributed by atoms with Gasteiger partial charge in [-0.3, -0.25) is 0 Å². The van der Waals surface area contributed by atoms with Crippen LogP contribution in [0.3, 0.4) is 0 Å². The number of halogens is 1. The largest absolute Gasteiger partial charge is 0.490 e. The molecule has 4 nitrogen and oxygen atoms in total. The first-order valence-corrected chi connectivity index (χ1v) is 6.87. The Kier molecular flexibility index (Phi) is 5.01. The number of anilines is 1. The Morgan fingerprint density at radius 3 is 2.55 bits per heavy atom. The van der Waals surface area contributed by atoms with Crippen LogP contribution in [0.1, 0.15) is 10.4 Å². The first-order valence-electron chi connectivity index (χ1n) is 6.07. The summed E-state index contributed by atoms with van der Waals surface area (Å²) in [4.78, 5) is 11.9. The predicted molar refractivity (Wildman–Crippen MR) is 80.8 cm³/mol. The molecule has 0 saturated carbocycles. The van der Waals surface area contributed by atoms with Crippen molar-refractivity contribution in [3.05, 3.63) is 58.6 Å². The zero-order valence-electron chi connectivity index (χ0n) is 10.7. The Morgan fingerprint density at radius 1 is 1.05 bits per heavy atom. The van der Waals surface area contributed by atoms with E-state index < -0.39 is 5.97 Å². The average molecular weight is 336 g/mol. The molecular weight excluding hydrogens is 322 g/mol. The molecule has 104 valence electrons. The highest BCUT2D eigenvalue weighted by molar-refractivity contribution is 9.10. The van der Waals surface area contributed by atoms with Crippen molar-refractivity contribution in [2.45, 2.75) is 0 Å². The molecule has 0 aliphatic heterocycles. The topological polar surface area (TPSA) is 61.6 Å². The molecule has 0 saturated heterocycles. The molecule has 0 heterocycles. The Bertz CT molecular complexity index is 587. The van der Waals surface area contributed by atoms with E-state index in [1.807, 2.05) is 30.3 Å². The van der Waals surface area contributed by atoms with Crippen LogP contribution in [-0.4, -0.2) is 19.2 Å². The monoisotopic (exact) mass is 335 g/mol. The number of ether oxygens (including phenoxy) is 2. The fourth-order valence-corrected chi connectivity index (χ4v) is 1.97. The Labute approximate surface area is 125 Å². The maximum absolute atomic E-state index is 11.9. The van der Waals surface area contributed by atoms with E-state index in [9.17, 15) is 4.79 Å². The van der Waals surface area contributed by atoms with Crippen molar-refractivity contribution in [1.29, 1.82) is 0 Å². The minimum absolute atomic E-state index is 0.166. The third kappa shape index (κ3) is 3.74. The predicted octanol–water partition coefficient (Wildman–Crippen LogP) is 3.27. The molecule has 0 aliphatic carbocycles. The second-order valence-corrected chi connectivity index (χ2v) is 4.85. The average Bonchev–Trinajstić information content (AvgIpc) is 2.47. The van der Waals surface area contributed by atoms with E-state index in [1.54, 1.807) is 18.2 Å². The number of rotatable bonds is 5. The van der Waals surface area contributed by atoms with Gasteiger partial charge in [0.25, 0.3) is 0 Å². The van der Waals surface area contributed by atoms with E-state index in [0.717, 1.165) is 5.75 Å². The molecule has 0 radical (unpaired) electrons. The van der Waals surface area contributed by atoms with Crippen LogP contribution in [0, 0.1) is 0 Å². The second-order valence-electron chi connectivity index (χ2n) is 4.00. The lowest BCUT2D eigenvalue weighted by Crippen LogP contribution is -2.13. The summed E-state index contributed by atoms with van der Waals surface area (Å²) in [5.74, 6) is 0.283. The van der Waals surface area contributed by atoms with Crippen molar-refractivity contribution in [3.63, 3.8) is 0 Å². The molecule has 2 aromatic rings. The van der Waals surface area contributed by atoms with E-state index in [1.165, 1.54) is 0 Å². The highest BCUT2D eigenvalue weighted by Crippen LogP contribution is 2.23. The van der Waals surface area contributed by atoms with E-state index in [4.69, 9.17) is 15.2 Å². The van der Waals surface area contributed by atoms with Crippen LogP contribution in [0.25, 0.3) is 0 Å². The fourth-order valence-electron chi connectivity index (χ4n) is 1.60. The molecule has 0 bridgehead atoms. The van der Waals surface area contributed by atoms with Crippen LogP contribution in [0.5, 0.6) is 5.75 Å². The lowest BCUT2D eigenvalue weighted by molar-refractivity contribution is 0.0451. The molecule has 0 aliphatic rings. The summed E-state index contributed by atoms with van der Waals surface area (Å²) >= 11 is 3.27. The number of hydrogen-bond acceptors (Lipinski definition) is 4. The summed E-state index contributed by atoms with van der Waals surface area (Å²) in [5.41, 5.74) is 6.52. The van der Waals surface area contributed by atoms with E-state index >= 15 is 0 Å². The first kappa shape index (κ1) is 14.4. The molecular formula is C15H14BrNO3. The van der Waals surface area contributed by atoms with Crippen LogP contribution in [0.15, 0.2) is 53.0 Å². The summed E-state index contributed by atoms with van der Waals surface area (Å²) in [6.45, 7) is 0.462. The number of para-hydroxylation sites is 2. The smallest absolute Gasteiger partial charge is 0.340 e. The normalized spacial score (nSPS) is 10.1. The highest BCUT2D eigenvalue weighted by atomic mass is 79.9. The zero-order valence-corrected chi connectivity index (χ0v) is 12.3. The van der Waals surface area contributed by atoms with Gasteiger partial charge in [-0.25, -0.2) is 4.79 Å². The molecule has 0 fully saturated rings. The molecule has 0 amide bonds. The lowest BCUT2D eigenvalue weighted by atomic mass is 10.2. The van der Waals surface area contributed by atoms with Crippen molar-refractivity contribution in [2.24, 2.45) is 0 Å². The molecule has 5 heteroatoms. The van der Waals surface area contributed by atoms with Crippen LogP contribution >= 0.6 is 15.9 Å². The summed E-state index contributed by atoms with van der Waals surface area (Å²) < 4.78 is 11.2. The molecule has 2 N–H and O–H groups in total. The number of nitrogens with two attached hydrogens (primary N) is 1. The van der Waals surface area contributed by atoms with Gasteiger partial charge in [0.15, 0.2) is 0 Å². The molecule has 0 unspecified atom stereocenters. The van der Waals surface area contributed by atoms with Gasteiger partial charge in [0, 0.05) is 4.47 Å². The van der Waals surface area contributed by atoms with Gasteiger partial charge in [0.2, 0.25) is 0 Å². The van der Waals surface area contributed by atoms with Gasteiger partial charge in [-0.1, -0.05) is 24.3 Å². The van der Waals surface area contributed by atoms with Crippen molar-refractivity contribution >= 4 is 27.6 Å². The second kappa shape index (κ2) is 6.96. The van der Waals surface area contributed by atoms with E-state index in [-0.39, 0.29) is 6.61 Å². The van der Waals surface area contributed by atoms with Crippen LogP contribution < -0.4 is 10.5 Å². The number of nitrogen functional groups attached to an aromatic ring is 1. The van der Waals surface area contributed by atoms with Crippen molar-refractivity contribution in [1.82, 2.24) is 0 Å². The Hall–Kier alpha value is -2.01. The first-order chi connectivity index (χ1) is 9.68. The number of carbonyl (C=O) groups is 1. The summed E-state index contributed by atoms with van der Waals surface area (Å²) in [6.07, 6.45) is 0. The number of hydrogen-bond donors (Lipinski definition) is 1. The fraction of sp³-hybridized carbons (Fsp3) is 0.133. The summed E-state index contributed by atoms with van der Waals surface area (Å²) in [5, 5.41) is 0. The van der Waals surface area contributed by atoms with E-state index in [2.05, 4.69) is 15.9 Å². The molecule has 2 aromatic carbocycles. The molecule has 0 atom stereocenters. The third-order valence-corrected chi connectivity index (χ3v) is 3.29. The SMILES string of the molecule is Nc1c(Br)cccc1C(=O)OCCOc1ccccc1. The van der Waals surface area contributed by atoms with Crippen LogP contribution in [0.2, 0.25) is 0 Å². The van der Waals surface area contributed by atoms with Gasteiger partial charge >= 0.3 is 5.97 Å². The van der Waals surface area contributed by atoms with Crippen LogP contribution in [-0.2, 0) is 4.74 Å². The van der Waals surface area contributed by atoms with Gasteiger partial charge < -0.3 is 15.2 Å². The minimum atomic E-state index is -0.458. The van der Waals surface area contributed by atoms with Gasteiger partial charge in [-0.05, 0) is 40.2 Å². The molecule has 20 heavy (non-hydrogen) atoms. The van der Waals surface area contributed by atoms with Crippen molar-refractivity contribution in [3.8, 4) is 5.75 Å². The standard InChI is InChI=1S/C15H14BrNO3/c16-13-8-4-7-12(14(13)17)15(18)20-10-9-19-11-5-2-1-3-6-11/h1-8H,9-10,17H2. The maximum Gasteiger partial charge on any atom is 0.340 e. The molecule has 0 spiro atoms. The summed E-state index contributed by atoms with van der Waals surface area (Å²) in [7, 11) is 0. The van der Waals surface area contributed by atoms with Gasteiger partial charge in [0.05, 0.1) is 11.3 Å². The molecule has 0 aromatic heterocycles. The van der Waals surface area contributed by atoms with E-state index in [0.29, 0.717) is 22.3 Å². The van der Waals surface area contributed by atoms with Crippen molar-refractivity contribution in [2.75, 3.05) is 18.9 Å². The number of carbonyl (C=O) groups excluding carboxylic acids is 1. The van der Waals surface area contributed by atoms with Gasteiger partial charge in [-0.2, -0.15) is 0 Å². The van der Waals surface area contributed by atoms with Gasteiger partial charge in [0.1, 0.15) is 19.0 Å². The third-order valence-electron chi connectivity index (χ3n) is 2.60. The molecule has 2 rings (SSSR count). The van der Waals surface area contributed by atoms with Gasteiger partial charge in [-0.15, -0.1) is 0 Å². The Morgan fingerprint density at radius 2 is 1.80 bits per heavy atom. The quantitative estimate of drug-likeness (QED) is 0.517. The van der Waals surface area contributed by atoms with Crippen LogP contribution in [0.4, 0.5) is 5.69 Å². The highest BCUT2D eigenvalue weighted by Gasteiger charge is 2.12. The maximum atomic E-state index is 11.9.